The Morgan fingerprint density at radius 3 is 2.57 bits per heavy atom. The Kier molecular flexibility index (Phi) is 6.14. The van der Waals surface area contributed by atoms with Gasteiger partial charge in [0.1, 0.15) is 5.69 Å². The number of aryl methyl sites for hydroxylation is 2. The summed E-state index contributed by atoms with van der Waals surface area (Å²) >= 11 is 0. The van der Waals surface area contributed by atoms with Crippen LogP contribution in [0.2, 0.25) is 0 Å². The Bertz CT molecular complexity index is 484. The Morgan fingerprint density at radius 2 is 2.10 bits per heavy atom. The summed E-state index contributed by atoms with van der Waals surface area (Å²) in [7, 11) is 1.86. The van der Waals surface area contributed by atoms with E-state index in [0.29, 0.717) is 30.5 Å². The van der Waals surface area contributed by atoms with Crippen molar-refractivity contribution in [3.8, 4) is 0 Å². The lowest BCUT2D eigenvalue weighted by Gasteiger charge is -2.23. The average Bonchev–Trinajstić information content (AvgIpc) is 2.72. The lowest BCUT2D eigenvalue weighted by Crippen LogP contribution is -2.32. The van der Waals surface area contributed by atoms with E-state index in [1.807, 2.05) is 18.9 Å². The van der Waals surface area contributed by atoms with Crippen LogP contribution in [0.15, 0.2) is 0 Å². The van der Waals surface area contributed by atoms with Crippen LogP contribution in [-0.2, 0) is 6.54 Å². The molecule has 0 aliphatic rings. The van der Waals surface area contributed by atoms with Crippen LogP contribution in [0, 0.1) is 23.0 Å². The van der Waals surface area contributed by atoms with Gasteiger partial charge in [0.25, 0.3) is 0 Å². The number of aromatic nitrogens is 2. The minimum Gasteiger partial charge on any atom is -0.354 e. The molecule has 0 spiro atoms. The van der Waals surface area contributed by atoms with Gasteiger partial charge in [-0.3, -0.25) is 10.1 Å². The number of nitrogens with two attached hydrogens (primary N) is 1. The molecule has 0 amide bonds. The third kappa shape index (κ3) is 4.17. The molecule has 1 aromatic heterocycles. The van der Waals surface area contributed by atoms with Gasteiger partial charge in [0, 0.05) is 26.2 Å². The van der Waals surface area contributed by atoms with Crippen molar-refractivity contribution in [1.29, 1.82) is 0 Å². The van der Waals surface area contributed by atoms with Crippen molar-refractivity contribution in [1.82, 2.24) is 9.78 Å². The van der Waals surface area contributed by atoms with Crippen molar-refractivity contribution in [3.05, 3.63) is 15.8 Å². The fourth-order valence-electron chi connectivity index (χ4n) is 2.30. The molecular weight excluding hydrogens is 270 g/mol. The number of hydrogen-bond acceptors (Lipinski definition) is 5. The van der Waals surface area contributed by atoms with E-state index < -0.39 is 0 Å². The second kappa shape index (κ2) is 7.40. The normalized spacial score (nSPS) is 12.7. The highest BCUT2D eigenvalue weighted by Crippen LogP contribution is 2.31. The monoisotopic (exact) mass is 297 g/mol. The van der Waals surface area contributed by atoms with Crippen molar-refractivity contribution in [2.24, 2.45) is 11.7 Å². The van der Waals surface area contributed by atoms with E-state index >= 15 is 0 Å². The molecule has 0 bridgehead atoms. The van der Waals surface area contributed by atoms with Gasteiger partial charge in [0.05, 0.1) is 4.92 Å². The third-order valence-electron chi connectivity index (χ3n) is 3.70. The summed E-state index contributed by atoms with van der Waals surface area (Å²) in [6, 6.07) is 0.0927. The van der Waals surface area contributed by atoms with Crippen LogP contribution in [0.5, 0.6) is 0 Å². The van der Waals surface area contributed by atoms with Crippen LogP contribution in [-0.4, -0.2) is 34.3 Å². The summed E-state index contributed by atoms with van der Waals surface area (Å²) in [5.41, 5.74) is 6.62. The average molecular weight is 297 g/mol. The minimum absolute atomic E-state index is 0.0927. The molecule has 1 heterocycles. The van der Waals surface area contributed by atoms with E-state index in [0.717, 1.165) is 12.8 Å². The van der Waals surface area contributed by atoms with E-state index in [1.54, 1.807) is 11.6 Å². The summed E-state index contributed by atoms with van der Waals surface area (Å²) in [6.07, 6.45) is 1.67. The van der Waals surface area contributed by atoms with Gasteiger partial charge < -0.3 is 10.6 Å². The highest BCUT2D eigenvalue weighted by atomic mass is 16.6. The summed E-state index contributed by atoms with van der Waals surface area (Å²) in [4.78, 5) is 12.9. The first kappa shape index (κ1) is 17.4. The quantitative estimate of drug-likeness (QED) is 0.587. The minimum atomic E-state index is -0.345. The van der Waals surface area contributed by atoms with Crippen molar-refractivity contribution in [2.75, 3.05) is 18.5 Å². The molecule has 0 aromatic carbocycles. The molecule has 0 aliphatic carbocycles. The molecule has 0 saturated heterocycles. The zero-order valence-corrected chi connectivity index (χ0v) is 13.7. The number of hydrogen-bond donors (Lipinski definition) is 1. The lowest BCUT2D eigenvalue weighted by atomic mass is 10.0. The molecule has 1 atom stereocenters. The highest BCUT2D eigenvalue weighted by molar-refractivity contribution is 5.61. The van der Waals surface area contributed by atoms with E-state index in [1.165, 1.54) is 0 Å². The number of anilines is 1. The number of nitrogens with zero attached hydrogens (tertiary/aromatic N) is 4. The summed E-state index contributed by atoms with van der Waals surface area (Å²) in [5, 5.41) is 15.6. The Balaban J connectivity index is 3.00. The first-order valence-electron chi connectivity index (χ1n) is 7.48. The van der Waals surface area contributed by atoms with Crippen LogP contribution in [0.25, 0.3) is 0 Å². The molecule has 1 unspecified atom stereocenters. The third-order valence-corrected chi connectivity index (χ3v) is 3.70. The molecule has 0 fully saturated rings. The summed E-state index contributed by atoms with van der Waals surface area (Å²) in [6.45, 7) is 9.22. The van der Waals surface area contributed by atoms with Crippen molar-refractivity contribution in [3.63, 3.8) is 0 Å². The van der Waals surface area contributed by atoms with E-state index in [9.17, 15) is 10.1 Å². The Morgan fingerprint density at radius 1 is 1.48 bits per heavy atom. The van der Waals surface area contributed by atoms with Crippen molar-refractivity contribution >= 4 is 11.5 Å². The van der Waals surface area contributed by atoms with Crippen LogP contribution in [0.3, 0.4) is 0 Å². The topological polar surface area (TPSA) is 90.2 Å². The predicted octanol–water partition coefficient (Wildman–Crippen LogP) is 2.32. The van der Waals surface area contributed by atoms with E-state index in [4.69, 9.17) is 5.73 Å². The molecule has 7 nitrogen and oxygen atoms in total. The van der Waals surface area contributed by atoms with Gasteiger partial charge in [-0.05, 0) is 25.7 Å². The Labute approximate surface area is 126 Å². The zero-order valence-electron chi connectivity index (χ0n) is 13.7. The van der Waals surface area contributed by atoms with Crippen LogP contribution < -0.4 is 10.6 Å². The number of nitro groups is 1. The predicted molar refractivity (Wildman–Crippen MR) is 84.6 cm³/mol. The van der Waals surface area contributed by atoms with Crippen LogP contribution >= 0.6 is 0 Å². The molecule has 7 heteroatoms. The van der Waals surface area contributed by atoms with Gasteiger partial charge >= 0.3 is 5.69 Å². The maximum Gasteiger partial charge on any atom is 0.333 e. The van der Waals surface area contributed by atoms with Gasteiger partial charge in [-0.15, -0.1) is 0 Å². The molecule has 0 saturated carbocycles. The smallest absolute Gasteiger partial charge is 0.333 e. The maximum absolute atomic E-state index is 11.3. The second-order valence-electron chi connectivity index (χ2n) is 5.86. The lowest BCUT2D eigenvalue weighted by molar-refractivity contribution is -0.384. The van der Waals surface area contributed by atoms with Gasteiger partial charge in [-0.25, -0.2) is 4.68 Å². The van der Waals surface area contributed by atoms with Crippen LogP contribution in [0.4, 0.5) is 11.5 Å². The first-order chi connectivity index (χ1) is 9.79. The van der Waals surface area contributed by atoms with Gasteiger partial charge in [-0.1, -0.05) is 20.8 Å². The van der Waals surface area contributed by atoms with Crippen molar-refractivity contribution < 1.29 is 4.92 Å². The molecule has 0 aliphatic heterocycles. The van der Waals surface area contributed by atoms with Crippen molar-refractivity contribution in [2.45, 2.75) is 53.1 Å². The summed E-state index contributed by atoms with van der Waals surface area (Å²) in [5.74, 6) is 0.978. The van der Waals surface area contributed by atoms with E-state index in [2.05, 4.69) is 18.9 Å². The second-order valence-corrected chi connectivity index (χ2v) is 5.86. The maximum atomic E-state index is 11.3. The van der Waals surface area contributed by atoms with Gasteiger partial charge in [0.15, 0.2) is 0 Å². The molecule has 1 aromatic rings. The molecule has 21 heavy (non-hydrogen) atoms. The van der Waals surface area contributed by atoms with Crippen LogP contribution in [0.1, 0.15) is 39.3 Å². The Hall–Kier alpha value is -1.63. The zero-order chi connectivity index (χ0) is 16.2. The standard InChI is InChI=1S/C14H27N5O2/c1-6-8-18-14(13(19(20)21)11(4)16-18)17(5)9-7-12(15)10(2)3/h10,12H,6-9,15H2,1-5H3. The fourth-order valence-corrected chi connectivity index (χ4v) is 2.30. The fraction of sp³-hybridized carbons (Fsp3) is 0.786. The van der Waals surface area contributed by atoms with Gasteiger partial charge in [0.2, 0.25) is 5.82 Å². The summed E-state index contributed by atoms with van der Waals surface area (Å²) < 4.78 is 1.73. The van der Waals surface area contributed by atoms with E-state index in [-0.39, 0.29) is 16.7 Å². The first-order valence-corrected chi connectivity index (χ1v) is 7.48. The largest absolute Gasteiger partial charge is 0.354 e. The molecule has 120 valence electrons. The van der Waals surface area contributed by atoms with Gasteiger partial charge in [-0.2, -0.15) is 5.10 Å². The molecule has 2 N–H and O–H groups in total. The highest BCUT2D eigenvalue weighted by Gasteiger charge is 2.28. The SMILES string of the molecule is CCCn1nc(C)c([N+](=O)[O-])c1N(C)CCC(N)C(C)C. The molecular formula is C14H27N5O2. The molecule has 1 rings (SSSR count). The molecule has 0 radical (unpaired) electrons. The number of rotatable bonds is 8.